The van der Waals surface area contributed by atoms with Crippen LogP contribution < -0.4 is 11.2 Å². The molecule has 0 radical (unpaired) electrons. The van der Waals surface area contributed by atoms with E-state index < -0.39 is 0 Å². The Bertz CT molecular complexity index is 614. The summed E-state index contributed by atoms with van der Waals surface area (Å²) >= 11 is 1.39. The van der Waals surface area contributed by atoms with Gasteiger partial charge in [0.1, 0.15) is 5.01 Å². The van der Waals surface area contributed by atoms with E-state index in [1.807, 2.05) is 40.7 Å². The van der Waals surface area contributed by atoms with Crippen LogP contribution in [0.1, 0.15) is 48.6 Å². The first kappa shape index (κ1) is 17.1. The zero-order valence-electron chi connectivity index (χ0n) is 13.3. The predicted molar refractivity (Wildman–Crippen MR) is 95.7 cm³/mol. The number of hydrazone groups is 1. The molecule has 21 heavy (non-hydrogen) atoms. The molecule has 0 fully saturated rings. The van der Waals surface area contributed by atoms with Crippen LogP contribution >= 0.6 is 11.3 Å². The van der Waals surface area contributed by atoms with Crippen LogP contribution in [0, 0.1) is 0 Å². The van der Waals surface area contributed by atoms with E-state index in [0.717, 1.165) is 28.4 Å². The second kappa shape index (κ2) is 8.36. The molecule has 0 saturated carbocycles. The number of hydrogen-bond donors (Lipinski definition) is 2. The van der Waals surface area contributed by atoms with Crippen LogP contribution in [-0.2, 0) is 6.54 Å². The summed E-state index contributed by atoms with van der Waals surface area (Å²) < 4.78 is 0. The van der Waals surface area contributed by atoms with Crippen LogP contribution in [0.3, 0.4) is 0 Å². The van der Waals surface area contributed by atoms with Gasteiger partial charge in [-0.25, -0.2) is 0 Å². The van der Waals surface area contributed by atoms with Crippen LogP contribution in [0.5, 0.6) is 0 Å². The molecule has 0 bridgehead atoms. The van der Waals surface area contributed by atoms with E-state index in [-0.39, 0.29) is 2.85 Å². The van der Waals surface area contributed by atoms with E-state index in [4.69, 9.17) is 5.73 Å². The van der Waals surface area contributed by atoms with Crippen molar-refractivity contribution >= 4 is 22.2 Å². The highest BCUT2D eigenvalue weighted by molar-refractivity contribution is 7.18. The standard InChI is InChI=1S/C11H11N5S.2C2H6.2H2/c1-6-9-4-7(10-15-16-11(12)17-10)2-3-8(9)5-13-14-6;2*1-2;;/h2-4,13H,5H2,1H3,(H2,12,16);2*1-2H3;2*1H. The van der Waals surface area contributed by atoms with Gasteiger partial charge in [-0.2, -0.15) is 5.10 Å². The molecule has 0 spiro atoms. The largest absolute Gasteiger partial charge is 0.374 e. The highest BCUT2D eigenvalue weighted by atomic mass is 32.1. The van der Waals surface area contributed by atoms with Gasteiger partial charge < -0.3 is 11.2 Å². The second-order valence-electron chi connectivity index (χ2n) is 3.85. The molecule has 118 valence electrons. The number of rotatable bonds is 1. The Kier molecular flexibility index (Phi) is 6.81. The highest BCUT2D eigenvalue weighted by Crippen LogP contribution is 2.27. The monoisotopic (exact) mass is 309 g/mol. The van der Waals surface area contributed by atoms with E-state index in [2.05, 4.69) is 32.9 Å². The van der Waals surface area contributed by atoms with Gasteiger partial charge in [0, 0.05) is 14.0 Å². The van der Waals surface area contributed by atoms with Gasteiger partial charge >= 0.3 is 0 Å². The number of anilines is 1. The molecule has 6 heteroatoms. The van der Waals surface area contributed by atoms with Crippen molar-refractivity contribution in [1.29, 1.82) is 0 Å². The van der Waals surface area contributed by atoms with Gasteiger partial charge in [-0.1, -0.05) is 51.2 Å². The molecule has 2 heterocycles. The van der Waals surface area contributed by atoms with E-state index >= 15 is 0 Å². The lowest BCUT2D eigenvalue weighted by Gasteiger charge is -2.15. The van der Waals surface area contributed by atoms with E-state index in [1.165, 1.54) is 16.9 Å². The van der Waals surface area contributed by atoms with Gasteiger partial charge in [-0.3, -0.25) is 0 Å². The molecule has 0 amide bonds. The summed E-state index contributed by atoms with van der Waals surface area (Å²) in [6, 6.07) is 6.22. The minimum atomic E-state index is 0. The zero-order chi connectivity index (χ0) is 15.8. The summed E-state index contributed by atoms with van der Waals surface area (Å²) in [5.74, 6) is 0. The Morgan fingerprint density at radius 2 is 1.90 bits per heavy atom. The topological polar surface area (TPSA) is 76.2 Å². The van der Waals surface area contributed by atoms with Crippen molar-refractivity contribution in [2.24, 2.45) is 5.10 Å². The van der Waals surface area contributed by atoms with Crippen LogP contribution in [0.2, 0.25) is 0 Å². The fraction of sp³-hybridized carbons (Fsp3) is 0.400. The summed E-state index contributed by atoms with van der Waals surface area (Å²) in [4.78, 5) is 0. The molecule has 0 atom stereocenters. The lowest BCUT2D eigenvalue weighted by Crippen LogP contribution is -2.18. The molecule has 3 rings (SSSR count). The molecule has 1 aliphatic rings. The molecule has 1 aromatic carbocycles. The summed E-state index contributed by atoms with van der Waals surface area (Å²) in [7, 11) is 0. The average Bonchev–Trinajstić information content (AvgIpc) is 2.98. The highest BCUT2D eigenvalue weighted by Gasteiger charge is 2.13. The zero-order valence-corrected chi connectivity index (χ0v) is 14.1. The van der Waals surface area contributed by atoms with Crippen LogP contribution in [0.4, 0.5) is 5.13 Å². The summed E-state index contributed by atoms with van der Waals surface area (Å²) in [5.41, 5.74) is 13.0. The molecule has 0 aliphatic carbocycles. The number of nitrogens with zero attached hydrogens (tertiary/aromatic N) is 3. The van der Waals surface area contributed by atoms with Crippen molar-refractivity contribution in [3.05, 3.63) is 29.3 Å². The average molecular weight is 309 g/mol. The molecular formula is C15H27N5S. The molecule has 1 aromatic heterocycles. The number of nitrogens with one attached hydrogen (secondary N) is 1. The van der Waals surface area contributed by atoms with Crippen molar-refractivity contribution < 1.29 is 2.85 Å². The van der Waals surface area contributed by atoms with E-state index in [0.29, 0.717) is 5.13 Å². The molecule has 2 aromatic rings. The Hall–Kier alpha value is -1.95. The Balaban J connectivity index is 0. The van der Waals surface area contributed by atoms with Crippen molar-refractivity contribution in [2.75, 3.05) is 5.73 Å². The number of benzene rings is 1. The maximum atomic E-state index is 5.59. The third kappa shape index (κ3) is 4.01. The minimum Gasteiger partial charge on any atom is -0.374 e. The molecular weight excluding hydrogens is 282 g/mol. The lowest BCUT2D eigenvalue weighted by molar-refractivity contribution is 0.728. The number of nitrogen functional groups attached to an aromatic ring is 1. The Labute approximate surface area is 133 Å². The summed E-state index contributed by atoms with van der Waals surface area (Å²) in [5, 5.41) is 13.4. The van der Waals surface area contributed by atoms with Crippen molar-refractivity contribution in [3.8, 4) is 10.6 Å². The molecule has 0 saturated heterocycles. The first-order valence-electron chi connectivity index (χ1n) is 7.24. The number of aromatic nitrogens is 2. The third-order valence-corrected chi connectivity index (χ3v) is 3.50. The van der Waals surface area contributed by atoms with Crippen LogP contribution in [0.15, 0.2) is 23.3 Å². The number of fused-ring (bicyclic) bond motifs is 1. The van der Waals surface area contributed by atoms with Gasteiger partial charge in [0.15, 0.2) is 0 Å². The van der Waals surface area contributed by atoms with Crippen molar-refractivity contribution in [1.82, 2.24) is 15.6 Å². The first-order valence-corrected chi connectivity index (χ1v) is 8.05. The summed E-state index contributed by atoms with van der Waals surface area (Å²) in [6.07, 6.45) is 0. The molecule has 3 N–H and O–H groups in total. The maximum absolute atomic E-state index is 5.59. The van der Waals surface area contributed by atoms with E-state index in [1.54, 1.807) is 0 Å². The summed E-state index contributed by atoms with van der Waals surface area (Å²) in [6.45, 7) is 10.8. The molecule has 5 nitrogen and oxygen atoms in total. The number of hydrogen-bond acceptors (Lipinski definition) is 6. The smallest absolute Gasteiger partial charge is 0.203 e. The fourth-order valence-electron chi connectivity index (χ4n) is 1.86. The second-order valence-corrected chi connectivity index (χ2v) is 4.86. The van der Waals surface area contributed by atoms with Gasteiger partial charge in [0.2, 0.25) is 5.13 Å². The quantitative estimate of drug-likeness (QED) is 0.829. The van der Waals surface area contributed by atoms with E-state index in [9.17, 15) is 0 Å². The SMILES string of the molecule is CC.CC.CC1=NNCc2ccc(-c3nnc(N)s3)cc21.[HH].[HH]. The third-order valence-electron chi connectivity index (χ3n) is 2.70. The van der Waals surface area contributed by atoms with Crippen LogP contribution in [0.25, 0.3) is 10.6 Å². The predicted octanol–water partition coefficient (Wildman–Crippen LogP) is 4.16. The van der Waals surface area contributed by atoms with Gasteiger partial charge in [-0.15, -0.1) is 10.2 Å². The first-order chi connectivity index (χ1) is 10.2. The van der Waals surface area contributed by atoms with Gasteiger partial charge in [0.25, 0.3) is 0 Å². The maximum Gasteiger partial charge on any atom is 0.203 e. The van der Waals surface area contributed by atoms with Crippen LogP contribution in [-0.4, -0.2) is 15.9 Å². The fourth-order valence-corrected chi connectivity index (χ4v) is 2.46. The van der Waals surface area contributed by atoms with Crippen molar-refractivity contribution in [3.63, 3.8) is 0 Å². The Morgan fingerprint density at radius 3 is 2.52 bits per heavy atom. The van der Waals surface area contributed by atoms with Gasteiger partial charge in [-0.05, 0) is 18.6 Å². The van der Waals surface area contributed by atoms with Crippen molar-refractivity contribution in [2.45, 2.75) is 41.2 Å². The minimum absolute atomic E-state index is 0. The molecule has 0 unspecified atom stereocenters. The normalized spacial score (nSPS) is 11.8. The Morgan fingerprint density at radius 1 is 1.19 bits per heavy atom. The van der Waals surface area contributed by atoms with Gasteiger partial charge in [0.05, 0.1) is 12.3 Å². The molecule has 1 aliphatic heterocycles. The number of nitrogens with two attached hydrogens (primary N) is 1. The lowest BCUT2D eigenvalue weighted by atomic mass is 10.00.